The molecule has 1 atom stereocenters. The van der Waals surface area contributed by atoms with Gasteiger partial charge in [0.05, 0.1) is 6.61 Å². The molecule has 1 aliphatic heterocycles. The van der Waals surface area contributed by atoms with Gasteiger partial charge in [0.15, 0.2) is 0 Å². The number of hydrogen-bond acceptors (Lipinski definition) is 4. The lowest BCUT2D eigenvalue weighted by atomic mass is 10.1. The minimum atomic E-state index is -0.745. The number of amides is 2. The van der Waals surface area contributed by atoms with Crippen LogP contribution in [0.25, 0.3) is 10.9 Å². The number of ether oxygens (including phenoxy) is 1. The highest BCUT2D eigenvalue weighted by molar-refractivity contribution is 6.05. The topological polar surface area (TPSA) is 91.5 Å². The third kappa shape index (κ3) is 3.91. The molecule has 2 heterocycles. The molecule has 2 N–H and O–H groups in total. The fourth-order valence-corrected chi connectivity index (χ4v) is 3.78. The Morgan fingerprint density at radius 3 is 2.73 bits per heavy atom. The van der Waals surface area contributed by atoms with Gasteiger partial charge in [-0.1, -0.05) is 36.4 Å². The van der Waals surface area contributed by atoms with Crippen LogP contribution in [0.3, 0.4) is 0 Å². The van der Waals surface area contributed by atoms with Gasteiger partial charge in [0.2, 0.25) is 5.91 Å². The van der Waals surface area contributed by atoms with Gasteiger partial charge in [-0.3, -0.25) is 19.3 Å². The number of carbonyl (C=O) groups is 3. The Morgan fingerprint density at radius 2 is 1.93 bits per heavy atom. The van der Waals surface area contributed by atoms with Gasteiger partial charge in [-0.15, -0.1) is 0 Å². The van der Waals surface area contributed by atoms with Crippen molar-refractivity contribution >= 4 is 34.4 Å². The number of anilines is 1. The molecule has 3 aromatic rings. The average Bonchev–Trinajstić information content (AvgIpc) is 3.14. The van der Waals surface area contributed by atoms with E-state index in [1.54, 1.807) is 13.0 Å². The van der Waals surface area contributed by atoms with Gasteiger partial charge in [0, 0.05) is 16.6 Å². The van der Waals surface area contributed by atoms with Crippen molar-refractivity contribution in [3.63, 3.8) is 0 Å². The predicted octanol–water partition coefficient (Wildman–Crippen LogP) is 2.81. The van der Waals surface area contributed by atoms with Gasteiger partial charge in [-0.05, 0) is 43.5 Å². The number of rotatable bonds is 5. The van der Waals surface area contributed by atoms with Gasteiger partial charge in [0.25, 0.3) is 5.91 Å². The third-order valence-corrected chi connectivity index (χ3v) is 5.22. The molecule has 0 saturated carbocycles. The van der Waals surface area contributed by atoms with E-state index < -0.39 is 12.0 Å². The Hall–Kier alpha value is -3.61. The molecule has 2 aromatic carbocycles. The van der Waals surface area contributed by atoms with Crippen LogP contribution in [0.4, 0.5) is 5.69 Å². The lowest BCUT2D eigenvalue weighted by Gasteiger charge is -2.25. The maximum atomic E-state index is 13.3. The summed E-state index contributed by atoms with van der Waals surface area (Å²) in [7, 11) is 0. The number of benzene rings is 2. The molecule has 7 heteroatoms. The van der Waals surface area contributed by atoms with E-state index in [1.165, 1.54) is 4.90 Å². The highest BCUT2D eigenvalue weighted by Gasteiger charge is 2.33. The zero-order valence-corrected chi connectivity index (χ0v) is 16.7. The van der Waals surface area contributed by atoms with Gasteiger partial charge in [-0.25, -0.2) is 0 Å². The molecule has 0 fully saturated rings. The van der Waals surface area contributed by atoms with Crippen molar-refractivity contribution in [3.8, 4) is 0 Å². The Labute approximate surface area is 174 Å². The molecule has 0 radical (unpaired) electrons. The van der Waals surface area contributed by atoms with E-state index in [0.717, 1.165) is 16.5 Å². The van der Waals surface area contributed by atoms with Crippen LogP contribution in [0, 0.1) is 0 Å². The first kappa shape index (κ1) is 19.7. The number of aryl methyl sites for hydroxylation is 1. The number of aromatic amines is 1. The second kappa shape index (κ2) is 8.41. The molecule has 1 unspecified atom stereocenters. The van der Waals surface area contributed by atoms with E-state index in [4.69, 9.17) is 4.74 Å². The molecule has 30 heavy (non-hydrogen) atoms. The van der Waals surface area contributed by atoms with Crippen LogP contribution in [0.2, 0.25) is 0 Å². The molecule has 2 amide bonds. The first-order chi connectivity index (χ1) is 14.6. The van der Waals surface area contributed by atoms with Gasteiger partial charge < -0.3 is 15.0 Å². The second-order valence-corrected chi connectivity index (χ2v) is 7.19. The fourth-order valence-electron chi connectivity index (χ4n) is 3.78. The first-order valence-electron chi connectivity index (χ1n) is 10.0. The summed E-state index contributed by atoms with van der Waals surface area (Å²) in [5.74, 6) is -1.16. The summed E-state index contributed by atoms with van der Waals surface area (Å²) in [6, 6.07) is 16.1. The summed E-state index contributed by atoms with van der Waals surface area (Å²) in [6.07, 6.45) is 1.06. The molecular formula is C23H23N3O4. The molecule has 154 valence electrons. The highest BCUT2D eigenvalue weighted by atomic mass is 16.5. The molecule has 4 rings (SSSR count). The Morgan fingerprint density at radius 1 is 1.17 bits per heavy atom. The Bertz CT molecular complexity index is 1070. The van der Waals surface area contributed by atoms with Crippen LogP contribution in [-0.2, 0) is 20.7 Å². The lowest BCUT2D eigenvalue weighted by molar-refractivity contribution is -0.142. The highest BCUT2D eigenvalue weighted by Crippen LogP contribution is 2.27. The lowest BCUT2D eigenvalue weighted by Crippen LogP contribution is -2.49. The number of carbonyl (C=O) groups excluding carboxylic acids is 3. The minimum absolute atomic E-state index is 0.192. The molecule has 0 saturated heterocycles. The molecule has 1 aromatic heterocycles. The van der Waals surface area contributed by atoms with Crippen LogP contribution in [0.5, 0.6) is 0 Å². The second-order valence-electron chi connectivity index (χ2n) is 7.19. The number of hydrogen-bond donors (Lipinski definition) is 2. The van der Waals surface area contributed by atoms with Crippen molar-refractivity contribution in [1.29, 1.82) is 0 Å². The maximum absolute atomic E-state index is 13.3. The van der Waals surface area contributed by atoms with Gasteiger partial charge >= 0.3 is 5.97 Å². The molecule has 1 aliphatic rings. The van der Waals surface area contributed by atoms with E-state index in [9.17, 15) is 14.4 Å². The molecule has 0 spiro atoms. The van der Waals surface area contributed by atoms with E-state index in [2.05, 4.69) is 10.3 Å². The average molecular weight is 405 g/mol. The van der Waals surface area contributed by atoms with Crippen molar-refractivity contribution in [2.45, 2.75) is 25.8 Å². The number of H-pyrrole nitrogens is 1. The minimum Gasteiger partial charge on any atom is -0.465 e. The molecule has 0 bridgehead atoms. The smallest absolute Gasteiger partial charge is 0.326 e. The Balaban J connectivity index is 1.58. The van der Waals surface area contributed by atoms with Crippen molar-refractivity contribution in [2.75, 3.05) is 18.1 Å². The van der Waals surface area contributed by atoms with Crippen molar-refractivity contribution in [2.24, 2.45) is 0 Å². The molecule has 7 nitrogen and oxygen atoms in total. The quantitative estimate of drug-likeness (QED) is 0.639. The zero-order chi connectivity index (χ0) is 21.1. The molecule has 0 aliphatic carbocycles. The van der Waals surface area contributed by atoms with Crippen LogP contribution < -0.4 is 10.2 Å². The Kier molecular flexibility index (Phi) is 5.52. The largest absolute Gasteiger partial charge is 0.465 e. The van der Waals surface area contributed by atoms with Gasteiger partial charge in [-0.2, -0.15) is 0 Å². The fraction of sp³-hybridized carbons (Fsp3) is 0.261. The standard InChI is InChI=1S/C23H23N3O4/c1-2-30-21(27)14-26-20-10-6-4-7-15(20)11-12-18(23(26)29)25-22(28)19-13-16-8-3-5-9-17(16)24-19/h3-10,13,18,24H,2,11-12,14H2,1H3,(H,25,28). The number of nitrogens with zero attached hydrogens (tertiary/aromatic N) is 1. The summed E-state index contributed by atoms with van der Waals surface area (Å²) >= 11 is 0. The van der Waals surface area contributed by atoms with E-state index in [0.29, 0.717) is 24.2 Å². The van der Waals surface area contributed by atoms with Gasteiger partial charge in [0.1, 0.15) is 18.3 Å². The monoisotopic (exact) mass is 405 g/mol. The summed E-state index contributed by atoms with van der Waals surface area (Å²) < 4.78 is 5.04. The van der Waals surface area contributed by atoms with E-state index in [1.807, 2.05) is 48.5 Å². The van der Waals surface area contributed by atoms with E-state index >= 15 is 0 Å². The van der Waals surface area contributed by atoms with Crippen LogP contribution in [-0.4, -0.2) is 42.0 Å². The van der Waals surface area contributed by atoms with Crippen molar-refractivity contribution < 1.29 is 19.1 Å². The normalized spacial score (nSPS) is 16.1. The summed E-state index contributed by atoms with van der Waals surface area (Å²) in [5, 5.41) is 3.76. The van der Waals surface area contributed by atoms with Crippen molar-refractivity contribution in [1.82, 2.24) is 10.3 Å². The number of esters is 1. The predicted molar refractivity (Wildman–Crippen MR) is 113 cm³/mol. The number of fused-ring (bicyclic) bond motifs is 2. The number of nitrogens with one attached hydrogen (secondary N) is 2. The number of aromatic nitrogens is 1. The van der Waals surface area contributed by atoms with Crippen LogP contribution >= 0.6 is 0 Å². The first-order valence-corrected chi connectivity index (χ1v) is 10.0. The summed E-state index contributed by atoms with van der Waals surface area (Å²) in [4.78, 5) is 42.7. The summed E-state index contributed by atoms with van der Waals surface area (Å²) in [6.45, 7) is 1.77. The van der Waals surface area contributed by atoms with Crippen LogP contribution in [0.15, 0.2) is 54.6 Å². The molecular weight excluding hydrogens is 382 g/mol. The zero-order valence-electron chi connectivity index (χ0n) is 16.7. The van der Waals surface area contributed by atoms with Crippen molar-refractivity contribution in [3.05, 3.63) is 65.9 Å². The number of para-hydroxylation sites is 2. The van der Waals surface area contributed by atoms with Crippen LogP contribution in [0.1, 0.15) is 29.4 Å². The third-order valence-electron chi connectivity index (χ3n) is 5.22. The SMILES string of the molecule is CCOC(=O)CN1C(=O)C(NC(=O)c2cc3ccccc3[nH]2)CCc2ccccc21. The summed E-state index contributed by atoms with van der Waals surface area (Å²) in [5.41, 5.74) is 2.88. The maximum Gasteiger partial charge on any atom is 0.326 e. The van der Waals surface area contributed by atoms with E-state index in [-0.39, 0.29) is 25.0 Å².